The smallest absolute Gasteiger partial charge is 0.325 e. The molecule has 158 valence electrons. The van der Waals surface area contributed by atoms with Gasteiger partial charge in [0.1, 0.15) is 12.1 Å². The molecule has 9 heteroatoms. The van der Waals surface area contributed by atoms with E-state index in [1.807, 2.05) is 0 Å². The summed E-state index contributed by atoms with van der Waals surface area (Å²) in [4.78, 5) is 39.1. The van der Waals surface area contributed by atoms with Gasteiger partial charge < -0.3 is 20.1 Å². The van der Waals surface area contributed by atoms with Crippen molar-refractivity contribution in [2.45, 2.75) is 18.9 Å². The first kappa shape index (κ1) is 21.4. The van der Waals surface area contributed by atoms with Gasteiger partial charge >= 0.3 is 6.03 Å². The van der Waals surface area contributed by atoms with Crippen molar-refractivity contribution in [3.05, 3.63) is 53.1 Å². The third kappa shape index (κ3) is 3.91. The number of benzene rings is 2. The van der Waals surface area contributed by atoms with Crippen LogP contribution in [-0.4, -0.2) is 43.5 Å². The molecular formula is C21H22ClN3O5. The number of imide groups is 1. The third-order valence-corrected chi connectivity index (χ3v) is 5.26. The molecule has 3 rings (SSSR count). The highest BCUT2D eigenvalue weighted by atomic mass is 35.5. The molecule has 0 radical (unpaired) electrons. The fraction of sp³-hybridized carbons (Fsp3) is 0.286. The Morgan fingerprint density at radius 3 is 2.37 bits per heavy atom. The Hall–Kier alpha value is -3.26. The molecule has 1 atom stereocenters. The van der Waals surface area contributed by atoms with Gasteiger partial charge in [0, 0.05) is 16.8 Å². The summed E-state index contributed by atoms with van der Waals surface area (Å²) in [7, 11) is 2.99. The van der Waals surface area contributed by atoms with Crippen molar-refractivity contribution in [2.24, 2.45) is 0 Å². The first-order chi connectivity index (χ1) is 14.3. The zero-order chi connectivity index (χ0) is 21.9. The Morgan fingerprint density at radius 2 is 1.77 bits per heavy atom. The minimum absolute atomic E-state index is 0.326. The molecule has 1 unspecified atom stereocenters. The summed E-state index contributed by atoms with van der Waals surface area (Å²) in [6, 6.07) is 10.9. The lowest BCUT2D eigenvalue weighted by Crippen LogP contribution is -2.44. The number of carbonyl (C=O) groups excluding carboxylic acids is 3. The number of hydrogen-bond acceptors (Lipinski definition) is 5. The second kappa shape index (κ2) is 8.62. The van der Waals surface area contributed by atoms with Crippen LogP contribution in [0.25, 0.3) is 0 Å². The summed E-state index contributed by atoms with van der Waals surface area (Å²) in [6.45, 7) is 1.37. The van der Waals surface area contributed by atoms with Gasteiger partial charge in [-0.1, -0.05) is 30.7 Å². The van der Waals surface area contributed by atoms with E-state index in [4.69, 9.17) is 21.1 Å². The number of anilines is 1. The van der Waals surface area contributed by atoms with Crippen molar-refractivity contribution in [3.63, 3.8) is 0 Å². The van der Waals surface area contributed by atoms with E-state index in [-0.39, 0.29) is 0 Å². The molecule has 0 aliphatic carbocycles. The number of nitrogens with zero attached hydrogens (tertiary/aromatic N) is 1. The van der Waals surface area contributed by atoms with E-state index in [0.29, 0.717) is 34.2 Å². The minimum Gasteiger partial charge on any atom is -0.493 e. The number of ether oxygens (including phenoxy) is 2. The summed E-state index contributed by atoms with van der Waals surface area (Å²) in [5.74, 6) is -0.0492. The monoisotopic (exact) mass is 431 g/mol. The molecule has 4 amide bonds. The quantitative estimate of drug-likeness (QED) is 0.656. The van der Waals surface area contributed by atoms with E-state index in [1.165, 1.54) is 14.2 Å². The summed E-state index contributed by atoms with van der Waals surface area (Å²) in [6.07, 6.45) is 0.326. The third-order valence-electron chi connectivity index (χ3n) is 5.01. The fourth-order valence-electron chi connectivity index (χ4n) is 3.40. The van der Waals surface area contributed by atoms with Gasteiger partial charge in [-0.2, -0.15) is 0 Å². The van der Waals surface area contributed by atoms with Gasteiger partial charge in [-0.25, -0.2) is 4.79 Å². The van der Waals surface area contributed by atoms with Crippen molar-refractivity contribution in [2.75, 3.05) is 26.1 Å². The molecule has 1 fully saturated rings. The number of nitrogens with one attached hydrogen (secondary N) is 2. The minimum atomic E-state index is -1.23. The molecule has 0 bridgehead atoms. The average Bonchev–Trinajstić information content (AvgIpc) is 2.99. The Bertz CT molecular complexity index is 979. The molecule has 1 heterocycles. The summed E-state index contributed by atoms with van der Waals surface area (Å²) in [5.41, 5.74) is -0.176. The molecule has 2 aromatic carbocycles. The highest BCUT2D eigenvalue weighted by Crippen LogP contribution is 2.33. The molecule has 0 saturated carbocycles. The van der Waals surface area contributed by atoms with Crippen molar-refractivity contribution < 1.29 is 23.9 Å². The first-order valence-electron chi connectivity index (χ1n) is 9.26. The second-order valence-corrected chi connectivity index (χ2v) is 7.14. The van der Waals surface area contributed by atoms with Crippen LogP contribution >= 0.6 is 11.6 Å². The number of rotatable bonds is 7. The highest BCUT2D eigenvalue weighted by molar-refractivity contribution is 6.30. The maximum atomic E-state index is 13.1. The average molecular weight is 432 g/mol. The zero-order valence-electron chi connectivity index (χ0n) is 16.8. The number of hydrogen-bond donors (Lipinski definition) is 2. The van der Waals surface area contributed by atoms with Crippen LogP contribution in [0.2, 0.25) is 5.02 Å². The molecule has 2 aromatic rings. The molecule has 0 aromatic heterocycles. The number of urea groups is 1. The Kier molecular flexibility index (Phi) is 6.17. The van der Waals surface area contributed by atoms with E-state index < -0.39 is 29.9 Å². The predicted molar refractivity (Wildman–Crippen MR) is 112 cm³/mol. The van der Waals surface area contributed by atoms with Gasteiger partial charge in [-0.15, -0.1) is 0 Å². The zero-order valence-corrected chi connectivity index (χ0v) is 17.6. The van der Waals surface area contributed by atoms with Crippen molar-refractivity contribution >= 4 is 35.1 Å². The van der Waals surface area contributed by atoms with Crippen LogP contribution in [0, 0.1) is 0 Å². The molecule has 1 saturated heterocycles. The molecular weight excluding hydrogens is 410 g/mol. The summed E-state index contributed by atoms with van der Waals surface area (Å²) < 4.78 is 10.4. The Morgan fingerprint density at radius 1 is 1.10 bits per heavy atom. The lowest BCUT2D eigenvalue weighted by atomic mass is 9.87. The number of carbonyl (C=O) groups is 3. The van der Waals surface area contributed by atoms with E-state index in [0.717, 1.165) is 4.90 Å². The van der Waals surface area contributed by atoms with Gasteiger partial charge in [0.15, 0.2) is 11.5 Å². The largest absolute Gasteiger partial charge is 0.493 e. The van der Waals surface area contributed by atoms with Gasteiger partial charge in [-0.05, 0) is 36.2 Å². The summed E-state index contributed by atoms with van der Waals surface area (Å²) in [5, 5.41) is 5.92. The van der Waals surface area contributed by atoms with Gasteiger partial charge in [-0.3, -0.25) is 14.5 Å². The highest BCUT2D eigenvalue weighted by Gasteiger charge is 2.51. The topological polar surface area (TPSA) is 97.0 Å². The molecule has 0 spiro atoms. The predicted octanol–water partition coefficient (Wildman–Crippen LogP) is 3.15. The van der Waals surface area contributed by atoms with E-state index in [9.17, 15) is 14.4 Å². The first-order valence-corrected chi connectivity index (χ1v) is 9.64. The Balaban J connectivity index is 1.76. The molecule has 30 heavy (non-hydrogen) atoms. The van der Waals surface area contributed by atoms with Crippen LogP contribution in [0.5, 0.6) is 11.5 Å². The summed E-state index contributed by atoms with van der Waals surface area (Å²) >= 11 is 5.93. The van der Waals surface area contributed by atoms with Gasteiger partial charge in [0.25, 0.3) is 5.91 Å². The standard InChI is InChI=1S/C21H22ClN3O5/c1-4-21(13-5-7-14(22)8-6-13)19(27)25(20(28)24-21)12-18(26)23-15-9-10-16(29-2)17(11-15)30-3/h5-11H,4,12H2,1-3H3,(H,23,26)(H,24,28). The lowest BCUT2D eigenvalue weighted by Gasteiger charge is -2.25. The van der Waals surface area contributed by atoms with E-state index in [2.05, 4.69) is 10.6 Å². The van der Waals surface area contributed by atoms with Gasteiger partial charge in [0.05, 0.1) is 14.2 Å². The fourth-order valence-corrected chi connectivity index (χ4v) is 3.53. The molecule has 8 nitrogen and oxygen atoms in total. The van der Waals surface area contributed by atoms with Crippen LogP contribution in [0.1, 0.15) is 18.9 Å². The number of amides is 4. The van der Waals surface area contributed by atoms with Crippen molar-refractivity contribution in [3.8, 4) is 11.5 Å². The van der Waals surface area contributed by atoms with Crippen LogP contribution in [-0.2, 0) is 15.1 Å². The van der Waals surface area contributed by atoms with Crippen LogP contribution < -0.4 is 20.1 Å². The van der Waals surface area contributed by atoms with E-state index >= 15 is 0 Å². The van der Waals surface area contributed by atoms with Crippen molar-refractivity contribution in [1.29, 1.82) is 0 Å². The van der Waals surface area contributed by atoms with Crippen molar-refractivity contribution in [1.82, 2.24) is 10.2 Å². The Labute approximate surface area is 179 Å². The molecule has 1 aliphatic heterocycles. The number of halogens is 1. The van der Waals surface area contributed by atoms with E-state index in [1.54, 1.807) is 49.4 Å². The SMILES string of the molecule is CCC1(c2ccc(Cl)cc2)NC(=O)N(CC(=O)Nc2ccc(OC)c(OC)c2)C1=O. The van der Waals surface area contributed by atoms with Crippen LogP contribution in [0.3, 0.4) is 0 Å². The normalized spacial score (nSPS) is 18.2. The maximum absolute atomic E-state index is 13.1. The second-order valence-electron chi connectivity index (χ2n) is 6.71. The molecule has 1 aliphatic rings. The van der Waals surface area contributed by atoms with Crippen LogP contribution in [0.15, 0.2) is 42.5 Å². The maximum Gasteiger partial charge on any atom is 0.325 e. The lowest BCUT2D eigenvalue weighted by molar-refractivity contribution is -0.134. The van der Waals surface area contributed by atoms with Gasteiger partial charge in [0.2, 0.25) is 5.91 Å². The molecule has 2 N–H and O–H groups in total. The number of methoxy groups -OCH3 is 2. The van der Waals surface area contributed by atoms with Crippen LogP contribution in [0.4, 0.5) is 10.5 Å².